The minimum atomic E-state index is -0.0385. The summed E-state index contributed by atoms with van der Waals surface area (Å²) in [5, 5.41) is 2.38. The summed E-state index contributed by atoms with van der Waals surface area (Å²) in [7, 11) is 3.59. The van der Waals surface area contributed by atoms with Crippen LogP contribution in [0.1, 0.15) is 0 Å². The fourth-order valence-electron chi connectivity index (χ4n) is 4.52. The molecule has 1 N–H and O–H groups in total. The molecule has 0 radical (unpaired) electrons. The van der Waals surface area contributed by atoms with Crippen LogP contribution in [0.3, 0.4) is 0 Å². The zero-order valence-corrected chi connectivity index (χ0v) is 18.4. The van der Waals surface area contributed by atoms with Crippen LogP contribution in [-0.4, -0.2) is 19.1 Å². The first kappa shape index (κ1) is 19.3. The summed E-state index contributed by atoms with van der Waals surface area (Å²) in [4.78, 5) is 21.0. The Kier molecular flexibility index (Phi) is 4.30. The van der Waals surface area contributed by atoms with Crippen molar-refractivity contribution < 1.29 is 0 Å². The van der Waals surface area contributed by atoms with Gasteiger partial charge >= 0.3 is 5.69 Å². The van der Waals surface area contributed by atoms with Crippen molar-refractivity contribution in [2.45, 2.75) is 0 Å². The predicted octanol–water partition coefficient (Wildman–Crippen LogP) is 5.75. The summed E-state index contributed by atoms with van der Waals surface area (Å²) in [5.41, 5.74) is 6.69. The van der Waals surface area contributed by atoms with Gasteiger partial charge in [-0.3, -0.25) is 9.13 Å². The second-order valence-electron chi connectivity index (χ2n) is 8.34. The molecule has 0 bridgehead atoms. The topological polar surface area (TPSA) is 55.6 Å². The number of rotatable bonds is 3. The van der Waals surface area contributed by atoms with E-state index >= 15 is 0 Å². The fourth-order valence-corrected chi connectivity index (χ4v) is 4.52. The molecule has 0 spiro atoms. The Labute approximate surface area is 190 Å². The van der Waals surface area contributed by atoms with E-state index in [-0.39, 0.29) is 5.69 Å². The Morgan fingerprint density at radius 1 is 0.667 bits per heavy atom. The molecule has 4 aromatic carbocycles. The molecular weight excluding hydrogens is 408 g/mol. The van der Waals surface area contributed by atoms with Gasteiger partial charge in [0.2, 0.25) is 0 Å². The third kappa shape index (κ3) is 3.09. The van der Waals surface area contributed by atoms with Gasteiger partial charge in [-0.1, -0.05) is 66.7 Å². The van der Waals surface area contributed by atoms with Gasteiger partial charge in [-0.2, -0.15) is 0 Å². The highest BCUT2D eigenvalue weighted by Crippen LogP contribution is 2.35. The monoisotopic (exact) mass is 430 g/mol. The van der Waals surface area contributed by atoms with E-state index in [1.54, 1.807) is 23.2 Å². The SMILES string of the molecule is Cn1c(=O)n(C)c2cc(-c3nc(-c4ccc5ccccc5c4)c(-c4ccccc4)[nH]3)ccc21. The van der Waals surface area contributed by atoms with E-state index in [4.69, 9.17) is 4.98 Å². The van der Waals surface area contributed by atoms with Crippen molar-refractivity contribution in [1.29, 1.82) is 0 Å². The van der Waals surface area contributed by atoms with Crippen molar-refractivity contribution in [3.05, 3.63) is 101 Å². The molecule has 0 aliphatic rings. The second kappa shape index (κ2) is 7.35. The van der Waals surface area contributed by atoms with E-state index in [0.717, 1.165) is 44.9 Å². The van der Waals surface area contributed by atoms with Gasteiger partial charge in [0.05, 0.1) is 22.4 Å². The van der Waals surface area contributed by atoms with Crippen LogP contribution in [0.5, 0.6) is 0 Å². The van der Waals surface area contributed by atoms with E-state index < -0.39 is 0 Å². The molecule has 0 atom stereocenters. The molecule has 0 aliphatic carbocycles. The van der Waals surface area contributed by atoms with Gasteiger partial charge in [0.25, 0.3) is 0 Å². The average Bonchev–Trinajstić information content (AvgIpc) is 3.40. The van der Waals surface area contributed by atoms with Gasteiger partial charge in [0, 0.05) is 30.8 Å². The fraction of sp³-hybridized carbons (Fsp3) is 0.0714. The number of nitrogens with zero attached hydrogens (tertiary/aromatic N) is 3. The molecule has 0 amide bonds. The van der Waals surface area contributed by atoms with Crippen LogP contribution in [0.4, 0.5) is 0 Å². The highest BCUT2D eigenvalue weighted by Gasteiger charge is 2.17. The molecule has 6 rings (SSSR count). The van der Waals surface area contributed by atoms with Crippen LogP contribution in [0.2, 0.25) is 0 Å². The molecule has 0 saturated carbocycles. The number of fused-ring (bicyclic) bond motifs is 2. The molecule has 0 unspecified atom stereocenters. The minimum absolute atomic E-state index is 0.0385. The van der Waals surface area contributed by atoms with Crippen LogP contribution >= 0.6 is 0 Å². The Morgan fingerprint density at radius 2 is 1.36 bits per heavy atom. The zero-order chi connectivity index (χ0) is 22.5. The molecular formula is C28H22N4O. The van der Waals surface area contributed by atoms with E-state index in [1.807, 2.05) is 36.4 Å². The average molecular weight is 431 g/mol. The van der Waals surface area contributed by atoms with Gasteiger partial charge in [0.1, 0.15) is 5.82 Å². The van der Waals surface area contributed by atoms with Crippen molar-refractivity contribution in [3.63, 3.8) is 0 Å². The van der Waals surface area contributed by atoms with Gasteiger partial charge in [0.15, 0.2) is 0 Å². The lowest BCUT2D eigenvalue weighted by molar-refractivity contribution is 0.795. The Balaban J connectivity index is 1.57. The molecule has 5 nitrogen and oxygen atoms in total. The number of aromatic amines is 1. The van der Waals surface area contributed by atoms with E-state index in [9.17, 15) is 4.79 Å². The van der Waals surface area contributed by atoms with Crippen LogP contribution < -0.4 is 5.69 Å². The molecule has 2 heterocycles. The molecule has 33 heavy (non-hydrogen) atoms. The lowest BCUT2D eigenvalue weighted by atomic mass is 10.0. The summed E-state index contributed by atoms with van der Waals surface area (Å²) in [6.07, 6.45) is 0. The summed E-state index contributed by atoms with van der Waals surface area (Å²) in [6.45, 7) is 0. The highest BCUT2D eigenvalue weighted by atomic mass is 16.1. The smallest absolute Gasteiger partial charge is 0.328 e. The lowest BCUT2D eigenvalue weighted by Crippen LogP contribution is -2.19. The summed E-state index contributed by atoms with van der Waals surface area (Å²) < 4.78 is 3.33. The van der Waals surface area contributed by atoms with Crippen LogP contribution in [-0.2, 0) is 14.1 Å². The molecule has 160 valence electrons. The van der Waals surface area contributed by atoms with Crippen molar-refractivity contribution in [2.75, 3.05) is 0 Å². The van der Waals surface area contributed by atoms with E-state index in [2.05, 4.69) is 59.6 Å². The molecule has 6 aromatic rings. The highest BCUT2D eigenvalue weighted by molar-refractivity contribution is 5.90. The first-order chi connectivity index (χ1) is 16.1. The Morgan fingerprint density at radius 3 is 2.18 bits per heavy atom. The first-order valence-electron chi connectivity index (χ1n) is 10.9. The quantitative estimate of drug-likeness (QED) is 0.388. The summed E-state index contributed by atoms with van der Waals surface area (Å²) in [5.74, 6) is 0.773. The Bertz CT molecular complexity index is 1700. The Hall–Kier alpha value is -4.38. The second-order valence-corrected chi connectivity index (χ2v) is 8.34. The maximum atomic E-state index is 12.4. The van der Waals surface area contributed by atoms with E-state index in [0.29, 0.717) is 0 Å². The zero-order valence-electron chi connectivity index (χ0n) is 18.4. The largest absolute Gasteiger partial charge is 0.337 e. The number of aromatic nitrogens is 4. The molecule has 2 aromatic heterocycles. The number of imidazole rings is 2. The maximum absolute atomic E-state index is 12.4. The molecule has 0 aliphatic heterocycles. The number of H-pyrrole nitrogens is 1. The van der Waals surface area contributed by atoms with E-state index in [1.165, 1.54) is 10.8 Å². The van der Waals surface area contributed by atoms with Crippen LogP contribution in [0.25, 0.3) is 55.7 Å². The van der Waals surface area contributed by atoms with Gasteiger partial charge in [-0.05, 0) is 35.0 Å². The third-order valence-corrected chi connectivity index (χ3v) is 6.33. The predicted molar refractivity (Wildman–Crippen MR) is 134 cm³/mol. The van der Waals surface area contributed by atoms with Crippen molar-refractivity contribution in [1.82, 2.24) is 19.1 Å². The number of hydrogen-bond donors (Lipinski definition) is 1. The molecule has 0 fully saturated rings. The van der Waals surface area contributed by atoms with Gasteiger partial charge in [-0.15, -0.1) is 0 Å². The maximum Gasteiger partial charge on any atom is 0.328 e. The normalized spacial score (nSPS) is 11.5. The standard InChI is InChI=1S/C28H22N4O/c1-31-23-15-14-22(17-24(23)32(2)28(31)33)27-29-25(19-9-4-3-5-10-19)26(30-27)21-13-12-18-8-6-7-11-20(18)16-21/h3-17H,1-2H3,(H,29,30). The molecule has 0 saturated heterocycles. The number of benzene rings is 4. The number of hydrogen-bond acceptors (Lipinski definition) is 2. The van der Waals surface area contributed by atoms with Crippen molar-refractivity contribution >= 4 is 21.8 Å². The van der Waals surface area contributed by atoms with Crippen LogP contribution in [0, 0.1) is 0 Å². The van der Waals surface area contributed by atoms with Crippen molar-refractivity contribution in [3.8, 4) is 33.9 Å². The number of nitrogens with one attached hydrogen (secondary N) is 1. The summed E-state index contributed by atoms with van der Waals surface area (Å²) in [6, 6.07) is 31.1. The minimum Gasteiger partial charge on any atom is -0.337 e. The third-order valence-electron chi connectivity index (χ3n) is 6.33. The summed E-state index contributed by atoms with van der Waals surface area (Å²) >= 11 is 0. The number of aryl methyl sites for hydroxylation is 2. The van der Waals surface area contributed by atoms with Gasteiger partial charge in [-0.25, -0.2) is 9.78 Å². The van der Waals surface area contributed by atoms with Crippen molar-refractivity contribution in [2.24, 2.45) is 14.1 Å². The first-order valence-corrected chi connectivity index (χ1v) is 10.9. The molecule has 5 heteroatoms. The van der Waals surface area contributed by atoms with Crippen LogP contribution in [0.15, 0.2) is 95.8 Å². The van der Waals surface area contributed by atoms with Gasteiger partial charge < -0.3 is 4.98 Å². The lowest BCUT2D eigenvalue weighted by Gasteiger charge is -2.05.